The van der Waals surface area contributed by atoms with Gasteiger partial charge in [0.15, 0.2) is 0 Å². The second-order valence-electron chi connectivity index (χ2n) is 9.97. The van der Waals surface area contributed by atoms with Crippen LogP contribution in [-0.2, 0) is 14.4 Å². The predicted molar refractivity (Wildman–Crippen MR) is 130 cm³/mol. The summed E-state index contributed by atoms with van der Waals surface area (Å²) < 4.78 is -0.941. The lowest BCUT2D eigenvalue weighted by Crippen LogP contribution is -2.52. The number of benzene rings is 1. The normalized spacial score (nSPS) is 32.2. The molecule has 0 radical (unpaired) electrons. The Morgan fingerprint density at radius 1 is 1.18 bits per heavy atom. The molecule has 5 atom stereocenters. The van der Waals surface area contributed by atoms with Crippen LogP contribution in [0.15, 0.2) is 18.2 Å². The highest BCUT2D eigenvalue weighted by atomic mass is 32.2. The first-order valence-electron chi connectivity index (χ1n) is 11.9. The number of aliphatic hydroxyl groups excluding tert-OH is 1. The summed E-state index contributed by atoms with van der Waals surface area (Å²) >= 11 is 1.69. The predicted octanol–water partition coefficient (Wildman–Crippen LogP) is 2.63. The molecule has 0 saturated carbocycles. The number of hydrogen-bond acceptors (Lipinski definition) is 5. The van der Waals surface area contributed by atoms with Crippen LogP contribution in [0.3, 0.4) is 0 Å². The number of anilines is 1. The Morgan fingerprint density at radius 2 is 1.94 bits per heavy atom. The first-order chi connectivity index (χ1) is 15.7. The quantitative estimate of drug-likeness (QED) is 0.504. The van der Waals surface area contributed by atoms with Crippen molar-refractivity contribution < 1.29 is 19.5 Å². The molecule has 0 aliphatic carbocycles. The smallest absolute Gasteiger partial charge is 0.248 e. The summed E-state index contributed by atoms with van der Waals surface area (Å²) in [6.07, 6.45) is 3.73. The van der Waals surface area contributed by atoms with Gasteiger partial charge in [-0.25, -0.2) is 0 Å². The Morgan fingerprint density at radius 3 is 2.64 bits per heavy atom. The van der Waals surface area contributed by atoms with Crippen LogP contribution in [0.25, 0.3) is 0 Å². The highest BCUT2D eigenvalue weighted by Gasteiger charge is 2.76. The zero-order valence-corrected chi connectivity index (χ0v) is 20.8. The summed E-state index contributed by atoms with van der Waals surface area (Å²) in [5.41, 5.74) is 2.79. The number of aliphatic hydroxyl groups is 1. The molecule has 2 unspecified atom stereocenters. The van der Waals surface area contributed by atoms with E-state index in [2.05, 4.69) is 17.6 Å². The second-order valence-corrected chi connectivity index (χ2v) is 11.9. The molecule has 1 aromatic rings. The highest BCUT2D eigenvalue weighted by molar-refractivity contribution is 8.02. The molecule has 1 spiro atoms. The van der Waals surface area contributed by atoms with E-state index in [0.717, 1.165) is 42.5 Å². The number of aryl methyl sites for hydroxylation is 2. The van der Waals surface area contributed by atoms with Gasteiger partial charge in [-0.15, -0.1) is 11.8 Å². The minimum Gasteiger partial charge on any atom is -0.396 e. The van der Waals surface area contributed by atoms with Crippen LogP contribution in [0.1, 0.15) is 50.2 Å². The summed E-state index contributed by atoms with van der Waals surface area (Å²) in [7, 11) is 1.62. The maximum atomic E-state index is 13.8. The van der Waals surface area contributed by atoms with Crippen LogP contribution < -0.4 is 10.6 Å². The van der Waals surface area contributed by atoms with E-state index in [0.29, 0.717) is 13.0 Å². The van der Waals surface area contributed by atoms with E-state index in [1.807, 2.05) is 32.0 Å². The Kier molecular flexibility index (Phi) is 6.53. The molecule has 3 aliphatic rings. The minimum atomic E-state index is -0.620. The van der Waals surface area contributed by atoms with Gasteiger partial charge in [0.25, 0.3) is 0 Å². The van der Waals surface area contributed by atoms with Gasteiger partial charge in [0, 0.05) is 30.6 Å². The Bertz CT molecular complexity index is 969. The number of carbonyl (C=O) groups excluding carboxylic acids is 3. The molecule has 0 aromatic heterocycles. The van der Waals surface area contributed by atoms with Gasteiger partial charge in [-0.05, 0) is 70.1 Å². The first-order valence-corrected chi connectivity index (χ1v) is 12.7. The molecular formula is C25H35N3O4S. The van der Waals surface area contributed by atoms with E-state index < -0.39 is 22.6 Å². The van der Waals surface area contributed by atoms with Crippen molar-refractivity contribution in [3.63, 3.8) is 0 Å². The summed E-state index contributed by atoms with van der Waals surface area (Å²) in [5.74, 6) is -1.29. The van der Waals surface area contributed by atoms with Gasteiger partial charge in [0.1, 0.15) is 6.04 Å². The molecule has 7 nitrogen and oxygen atoms in total. The zero-order chi connectivity index (χ0) is 24.0. The van der Waals surface area contributed by atoms with Crippen molar-refractivity contribution in [1.82, 2.24) is 10.2 Å². The maximum Gasteiger partial charge on any atom is 0.248 e. The van der Waals surface area contributed by atoms with E-state index in [4.69, 9.17) is 5.11 Å². The second kappa shape index (κ2) is 8.95. The molecule has 3 fully saturated rings. The van der Waals surface area contributed by atoms with Crippen LogP contribution in [0.4, 0.5) is 5.69 Å². The minimum absolute atomic E-state index is 0.0790. The first kappa shape index (κ1) is 24.1. The van der Waals surface area contributed by atoms with Crippen LogP contribution in [0.2, 0.25) is 0 Å². The molecular weight excluding hydrogens is 438 g/mol. The van der Waals surface area contributed by atoms with E-state index in [1.165, 1.54) is 0 Å². The number of carbonyl (C=O) groups is 3. The molecule has 3 heterocycles. The summed E-state index contributed by atoms with van der Waals surface area (Å²) in [6.45, 7) is 6.59. The maximum absolute atomic E-state index is 13.8. The third kappa shape index (κ3) is 3.85. The van der Waals surface area contributed by atoms with Crippen molar-refractivity contribution in [2.24, 2.45) is 11.8 Å². The van der Waals surface area contributed by atoms with Crippen molar-refractivity contribution in [1.29, 1.82) is 0 Å². The average molecular weight is 474 g/mol. The number of amides is 3. The zero-order valence-electron chi connectivity index (χ0n) is 19.9. The van der Waals surface area contributed by atoms with Crippen molar-refractivity contribution in [2.75, 3.05) is 25.5 Å². The van der Waals surface area contributed by atoms with Gasteiger partial charge < -0.3 is 20.6 Å². The average Bonchev–Trinajstić information content (AvgIpc) is 3.34. The SMILES string of the molecule is CNC(=O)[C@H]1[C@H]2C(=O)N(CCCCCO)C(C(=O)Nc3cc(C)ccc3C)C23CC[C@]1(C)S3. The molecule has 8 heteroatoms. The van der Waals surface area contributed by atoms with Gasteiger partial charge in [-0.3, -0.25) is 14.4 Å². The Hall–Kier alpha value is -2.06. The van der Waals surface area contributed by atoms with Crippen molar-refractivity contribution in [3.8, 4) is 0 Å². The monoisotopic (exact) mass is 473 g/mol. The fourth-order valence-corrected chi connectivity index (χ4v) is 8.52. The Labute approximate surface area is 200 Å². The summed E-state index contributed by atoms with van der Waals surface area (Å²) in [4.78, 5) is 42.3. The van der Waals surface area contributed by atoms with Gasteiger partial charge >= 0.3 is 0 Å². The van der Waals surface area contributed by atoms with Gasteiger partial charge in [0.2, 0.25) is 17.7 Å². The number of nitrogens with one attached hydrogen (secondary N) is 2. The van der Waals surface area contributed by atoms with E-state index in [9.17, 15) is 14.4 Å². The van der Waals surface area contributed by atoms with Crippen molar-refractivity contribution in [2.45, 2.75) is 68.4 Å². The lowest BCUT2D eigenvalue weighted by molar-refractivity contribution is -0.140. The van der Waals surface area contributed by atoms with Crippen molar-refractivity contribution in [3.05, 3.63) is 29.3 Å². The molecule has 3 amide bonds. The standard InChI is InChI=1S/C25H35N3O4S/c1-15-8-9-16(2)17(14-15)27-22(31)20-25-11-10-24(3,33-25)18(21(30)26-4)19(25)23(32)28(20)12-6-5-7-13-29/h8-9,14,18-20,29H,5-7,10-13H2,1-4H3,(H,26,30)(H,27,31)/t18-,19+,20?,24+,25?/m1/s1. The fraction of sp³-hybridized carbons (Fsp3) is 0.640. The molecule has 33 heavy (non-hydrogen) atoms. The van der Waals surface area contributed by atoms with Crippen LogP contribution in [0.5, 0.6) is 0 Å². The van der Waals surface area contributed by atoms with Crippen LogP contribution in [0, 0.1) is 25.7 Å². The van der Waals surface area contributed by atoms with Crippen LogP contribution >= 0.6 is 11.8 Å². The number of thioether (sulfide) groups is 1. The lowest BCUT2D eigenvalue weighted by atomic mass is 9.66. The van der Waals surface area contributed by atoms with Gasteiger partial charge in [-0.2, -0.15) is 0 Å². The molecule has 2 bridgehead atoms. The molecule has 180 valence electrons. The number of unbranched alkanes of at least 4 members (excludes halogenated alkanes) is 2. The third-order valence-corrected chi connectivity index (χ3v) is 9.75. The summed E-state index contributed by atoms with van der Waals surface area (Å²) in [6, 6.07) is 5.33. The largest absolute Gasteiger partial charge is 0.396 e. The Balaban J connectivity index is 1.70. The fourth-order valence-electron chi connectivity index (χ4n) is 6.17. The molecule has 3 N–H and O–H groups in total. The number of hydrogen-bond donors (Lipinski definition) is 3. The van der Waals surface area contributed by atoms with E-state index in [1.54, 1.807) is 23.7 Å². The molecule has 1 aromatic carbocycles. The third-order valence-electron chi connectivity index (χ3n) is 7.76. The van der Waals surface area contributed by atoms with Gasteiger partial charge in [0.05, 0.1) is 16.6 Å². The van der Waals surface area contributed by atoms with E-state index in [-0.39, 0.29) is 29.1 Å². The molecule has 4 rings (SSSR count). The number of rotatable bonds is 8. The summed E-state index contributed by atoms with van der Waals surface area (Å²) in [5, 5.41) is 15.0. The topological polar surface area (TPSA) is 98.7 Å². The van der Waals surface area contributed by atoms with Crippen molar-refractivity contribution >= 4 is 35.2 Å². The van der Waals surface area contributed by atoms with Crippen LogP contribution in [-0.4, -0.2) is 63.5 Å². The number of nitrogens with zero attached hydrogens (tertiary/aromatic N) is 1. The highest BCUT2D eigenvalue weighted by Crippen LogP contribution is 2.71. The number of fused-ring (bicyclic) bond motifs is 1. The lowest BCUT2D eigenvalue weighted by Gasteiger charge is -2.34. The van der Waals surface area contributed by atoms with E-state index >= 15 is 0 Å². The molecule has 3 aliphatic heterocycles. The van der Waals surface area contributed by atoms with Gasteiger partial charge in [-0.1, -0.05) is 12.1 Å². The number of likely N-dealkylation sites (tertiary alicyclic amines) is 1. The molecule has 3 saturated heterocycles.